The molecule has 0 atom stereocenters. The van der Waals surface area contributed by atoms with Crippen LogP contribution in [0.3, 0.4) is 0 Å². The zero-order valence-electron chi connectivity index (χ0n) is 13.3. The molecule has 0 saturated carbocycles. The van der Waals surface area contributed by atoms with Crippen LogP contribution in [-0.4, -0.2) is 16.2 Å². The largest absolute Gasteiger partial charge is 0.496 e. The van der Waals surface area contributed by atoms with Crippen LogP contribution in [0, 0.1) is 5.82 Å². The second-order valence-corrected chi connectivity index (χ2v) is 5.47. The van der Waals surface area contributed by atoms with E-state index in [1.807, 2.05) is 31.2 Å². The number of hydrogen-bond acceptors (Lipinski definition) is 2. The van der Waals surface area contributed by atoms with Crippen LogP contribution in [0.2, 0.25) is 0 Å². The van der Waals surface area contributed by atoms with Crippen molar-refractivity contribution in [3.05, 3.63) is 64.3 Å². The van der Waals surface area contributed by atoms with E-state index in [2.05, 4.69) is 0 Å². The van der Waals surface area contributed by atoms with Crippen LogP contribution < -0.4 is 10.4 Å². The van der Waals surface area contributed by atoms with Gasteiger partial charge in [0, 0.05) is 12.1 Å². The van der Waals surface area contributed by atoms with Crippen molar-refractivity contribution in [1.29, 1.82) is 0 Å². The number of methoxy groups -OCH3 is 1. The summed E-state index contributed by atoms with van der Waals surface area (Å²) in [6.45, 7) is 2.97. The SMILES string of the molecule is CCCn1c(=O)n(Cc2cc(F)ccc2OC)c2ccccc21. The van der Waals surface area contributed by atoms with Gasteiger partial charge >= 0.3 is 5.69 Å². The third-order valence-electron chi connectivity index (χ3n) is 3.94. The highest BCUT2D eigenvalue weighted by Gasteiger charge is 2.14. The van der Waals surface area contributed by atoms with Crippen LogP contribution in [0.15, 0.2) is 47.3 Å². The third-order valence-corrected chi connectivity index (χ3v) is 3.94. The molecule has 1 aromatic heterocycles. The molecule has 0 aliphatic rings. The first-order chi connectivity index (χ1) is 11.2. The molecule has 2 aromatic carbocycles. The first-order valence-corrected chi connectivity index (χ1v) is 7.66. The van der Waals surface area contributed by atoms with Crippen molar-refractivity contribution < 1.29 is 9.13 Å². The van der Waals surface area contributed by atoms with Crippen LogP contribution in [-0.2, 0) is 13.1 Å². The van der Waals surface area contributed by atoms with Gasteiger partial charge in [-0.15, -0.1) is 0 Å². The molecule has 0 aliphatic heterocycles. The van der Waals surface area contributed by atoms with Crippen molar-refractivity contribution in [1.82, 2.24) is 9.13 Å². The van der Waals surface area contributed by atoms with Crippen molar-refractivity contribution in [2.24, 2.45) is 0 Å². The van der Waals surface area contributed by atoms with Gasteiger partial charge in [0.25, 0.3) is 0 Å². The van der Waals surface area contributed by atoms with Gasteiger partial charge < -0.3 is 4.74 Å². The molecule has 0 aliphatic carbocycles. The molecule has 3 aromatic rings. The van der Waals surface area contributed by atoms with E-state index in [1.54, 1.807) is 22.3 Å². The predicted molar refractivity (Wildman–Crippen MR) is 88.5 cm³/mol. The summed E-state index contributed by atoms with van der Waals surface area (Å²) in [6.07, 6.45) is 0.872. The van der Waals surface area contributed by atoms with Crippen LogP contribution in [0.25, 0.3) is 11.0 Å². The molecule has 0 unspecified atom stereocenters. The maximum absolute atomic E-state index is 13.6. The number of fused-ring (bicyclic) bond motifs is 1. The molecule has 5 heteroatoms. The van der Waals surface area contributed by atoms with Crippen molar-refractivity contribution in [2.45, 2.75) is 26.4 Å². The highest BCUT2D eigenvalue weighted by atomic mass is 19.1. The van der Waals surface area contributed by atoms with Crippen molar-refractivity contribution >= 4 is 11.0 Å². The quantitative estimate of drug-likeness (QED) is 0.723. The van der Waals surface area contributed by atoms with Gasteiger partial charge in [-0.1, -0.05) is 19.1 Å². The van der Waals surface area contributed by atoms with Gasteiger partial charge in [-0.3, -0.25) is 9.13 Å². The second kappa shape index (κ2) is 6.28. The zero-order valence-corrected chi connectivity index (χ0v) is 13.3. The van der Waals surface area contributed by atoms with E-state index in [1.165, 1.54) is 12.1 Å². The standard InChI is InChI=1S/C18H19FN2O2/c1-3-10-20-15-6-4-5-7-16(15)21(18(20)22)12-13-11-14(19)8-9-17(13)23-2/h4-9,11H,3,10,12H2,1-2H3. The first-order valence-electron chi connectivity index (χ1n) is 7.66. The summed E-state index contributed by atoms with van der Waals surface area (Å²) in [5, 5.41) is 0. The summed E-state index contributed by atoms with van der Waals surface area (Å²) >= 11 is 0. The number of imidazole rings is 1. The van der Waals surface area contributed by atoms with Gasteiger partial charge in [0.1, 0.15) is 11.6 Å². The Morgan fingerprint density at radius 3 is 2.43 bits per heavy atom. The number of hydrogen-bond donors (Lipinski definition) is 0. The van der Waals surface area contributed by atoms with E-state index in [4.69, 9.17) is 4.74 Å². The van der Waals surface area contributed by atoms with Gasteiger partial charge in [0.15, 0.2) is 0 Å². The molecule has 0 N–H and O–H groups in total. The van der Waals surface area contributed by atoms with Gasteiger partial charge in [-0.05, 0) is 36.8 Å². The number of aryl methyl sites for hydroxylation is 1. The molecule has 0 amide bonds. The predicted octanol–water partition coefficient (Wildman–Crippen LogP) is 3.41. The maximum atomic E-state index is 13.6. The first kappa shape index (κ1) is 15.3. The monoisotopic (exact) mass is 314 g/mol. The number of benzene rings is 2. The lowest BCUT2D eigenvalue weighted by atomic mass is 10.2. The molecule has 0 bridgehead atoms. The number of para-hydroxylation sites is 2. The molecule has 23 heavy (non-hydrogen) atoms. The molecular formula is C18H19FN2O2. The molecule has 0 fully saturated rings. The Kier molecular flexibility index (Phi) is 4.19. The lowest BCUT2D eigenvalue weighted by molar-refractivity contribution is 0.406. The summed E-state index contributed by atoms with van der Waals surface area (Å²) in [6, 6.07) is 12.0. The minimum Gasteiger partial charge on any atom is -0.496 e. The van der Waals surface area contributed by atoms with Crippen LogP contribution in [0.4, 0.5) is 4.39 Å². The van der Waals surface area contributed by atoms with Crippen LogP contribution >= 0.6 is 0 Å². The van der Waals surface area contributed by atoms with Crippen molar-refractivity contribution in [3.63, 3.8) is 0 Å². The zero-order chi connectivity index (χ0) is 16.4. The van der Waals surface area contributed by atoms with Gasteiger partial charge in [0.2, 0.25) is 0 Å². The van der Waals surface area contributed by atoms with Crippen LogP contribution in [0.5, 0.6) is 5.75 Å². The normalized spacial score (nSPS) is 11.1. The highest BCUT2D eigenvalue weighted by molar-refractivity contribution is 5.76. The number of nitrogens with zero attached hydrogens (tertiary/aromatic N) is 2. The van der Waals surface area contributed by atoms with E-state index in [0.29, 0.717) is 17.9 Å². The van der Waals surface area contributed by atoms with Crippen LogP contribution in [0.1, 0.15) is 18.9 Å². The molecule has 4 nitrogen and oxygen atoms in total. The fourth-order valence-corrected chi connectivity index (χ4v) is 2.91. The Hall–Kier alpha value is -2.56. The molecule has 120 valence electrons. The van der Waals surface area contributed by atoms with Gasteiger partial charge in [-0.25, -0.2) is 9.18 Å². The van der Waals surface area contributed by atoms with E-state index in [9.17, 15) is 9.18 Å². The van der Waals surface area contributed by atoms with Crippen molar-refractivity contribution in [3.8, 4) is 5.75 Å². The Bertz CT molecular complexity index is 896. The van der Waals surface area contributed by atoms with Crippen molar-refractivity contribution in [2.75, 3.05) is 7.11 Å². The second-order valence-electron chi connectivity index (χ2n) is 5.47. The molecular weight excluding hydrogens is 295 g/mol. The van der Waals surface area contributed by atoms with Gasteiger partial charge in [0.05, 0.1) is 24.7 Å². The van der Waals surface area contributed by atoms with E-state index >= 15 is 0 Å². The number of ether oxygens (including phenoxy) is 1. The summed E-state index contributed by atoms with van der Waals surface area (Å²) in [7, 11) is 1.54. The summed E-state index contributed by atoms with van der Waals surface area (Å²) in [5.41, 5.74) is 2.31. The minimum atomic E-state index is -0.342. The smallest absolute Gasteiger partial charge is 0.329 e. The Balaban J connectivity index is 2.16. The average Bonchev–Trinajstić information content (AvgIpc) is 2.82. The lowest BCUT2D eigenvalue weighted by Gasteiger charge is -2.09. The minimum absolute atomic E-state index is 0.0839. The topological polar surface area (TPSA) is 36.2 Å². The number of halogens is 1. The molecule has 0 saturated heterocycles. The summed E-state index contributed by atoms with van der Waals surface area (Å²) < 4.78 is 22.3. The fraction of sp³-hybridized carbons (Fsp3) is 0.278. The Morgan fingerprint density at radius 1 is 1.09 bits per heavy atom. The summed E-state index contributed by atoms with van der Waals surface area (Å²) in [4.78, 5) is 12.8. The van der Waals surface area contributed by atoms with E-state index in [-0.39, 0.29) is 18.1 Å². The molecule has 0 radical (unpaired) electrons. The van der Waals surface area contributed by atoms with E-state index < -0.39 is 0 Å². The lowest BCUT2D eigenvalue weighted by Crippen LogP contribution is -2.25. The molecule has 0 spiro atoms. The average molecular weight is 314 g/mol. The number of rotatable bonds is 5. The Morgan fingerprint density at radius 2 is 1.78 bits per heavy atom. The fourth-order valence-electron chi connectivity index (χ4n) is 2.91. The Labute approximate surface area is 133 Å². The third kappa shape index (κ3) is 2.74. The van der Waals surface area contributed by atoms with E-state index in [0.717, 1.165) is 17.5 Å². The maximum Gasteiger partial charge on any atom is 0.329 e. The molecule has 3 rings (SSSR count). The summed E-state index contributed by atoms with van der Waals surface area (Å²) in [5.74, 6) is 0.233. The highest BCUT2D eigenvalue weighted by Crippen LogP contribution is 2.22. The molecule has 1 heterocycles. The number of aromatic nitrogens is 2. The van der Waals surface area contributed by atoms with Gasteiger partial charge in [-0.2, -0.15) is 0 Å².